The van der Waals surface area contributed by atoms with Crippen LogP contribution in [0.1, 0.15) is 18.4 Å². The van der Waals surface area contributed by atoms with E-state index in [2.05, 4.69) is 20.6 Å². The molecular weight excluding hydrogens is 268 g/mol. The fraction of sp³-hybridized carbons (Fsp3) is 0.333. The van der Waals surface area contributed by atoms with Crippen LogP contribution >= 0.6 is 0 Å². The topological polar surface area (TPSA) is 71.7 Å². The Hall–Kier alpha value is -2.50. The van der Waals surface area contributed by atoms with E-state index in [1.54, 1.807) is 13.4 Å². The van der Waals surface area contributed by atoms with E-state index in [1.807, 2.05) is 37.3 Å². The normalized spacial score (nSPS) is 11.2. The van der Waals surface area contributed by atoms with Crippen LogP contribution in [0.25, 0.3) is 0 Å². The van der Waals surface area contributed by atoms with Crippen molar-refractivity contribution < 1.29 is 9.15 Å². The number of nitrogens with zero attached hydrogens (tertiary/aromatic N) is 2. The third kappa shape index (κ3) is 4.83. The summed E-state index contributed by atoms with van der Waals surface area (Å²) in [6, 6.07) is 9.41. The van der Waals surface area contributed by atoms with Crippen LogP contribution in [0.3, 0.4) is 0 Å². The summed E-state index contributed by atoms with van der Waals surface area (Å²) in [6.07, 6.45) is 1.65. The molecule has 2 heterocycles. The van der Waals surface area contributed by atoms with E-state index in [-0.39, 0.29) is 0 Å². The number of hydrogen-bond donors (Lipinski definition) is 2. The molecule has 0 spiro atoms. The van der Waals surface area contributed by atoms with Crippen molar-refractivity contribution in [3.05, 3.63) is 48.0 Å². The van der Waals surface area contributed by atoms with Crippen molar-refractivity contribution >= 4 is 5.96 Å². The number of pyridine rings is 1. The molecule has 0 aliphatic rings. The Morgan fingerprint density at radius 2 is 2.19 bits per heavy atom. The number of nitrogens with one attached hydrogen (secondary N) is 2. The second-order valence-corrected chi connectivity index (χ2v) is 4.30. The van der Waals surface area contributed by atoms with E-state index in [9.17, 15) is 0 Å². The summed E-state index contributed by atoms with van der Waals surface area (Å²) >= 11 is 0. The van der Waals surface area contributed by atoms with Crippen molar-refractivity contribution in [1.29, 1.82) is 0 Å². The summed E-state index contributed by atoms with van der Waals surface area (Å²) in [5, 5.41) is 6.39. The first kappa shape index (κ1) is 14.9. The lowest BCUT2D eigenvalue weighted by Crippen LogP contribution is -2.36. The number of ether oxygens (including phenoxy) is 1. The molecule has 2 rings (SSSR count). The first-order chi connectivity index (χ1) is 10.3. The van der Waals surface area contributed by atoms with E-state index in [1.165, 1.54) is 0 Å². The Labute approximate surface area is 124 Å². The van der Waals surface area contributed by atoms with Gasteiger partial charge in [0.05, 0.1) is 32.2 Å². The molecule has 6 heteroatoms. The molecule has 0 unspecified atom stereocenters. The molecule has 0 fully saturated rings. The van der Waals surface area contributed by atoms with Crippen LogP contribution in [0.5, 0.6) is 5.88 Å². The number of methoxy groups -OCH3 is 1. The molecule has 0 saturated heterocycles. The van der Waals surface area contributed by atoms with Crippen LogP contribution in [0.2, 0.25) is 0 Å². The third-order valence-electron chi connectivity index (χ3n) is 2.74. The SMILES string of the molecule is CCNC(=NCc1cccc(OC)n1)NCc1ccco1. The van der Waals surface area contributed by atoms with Gasteiger partial charge in [0.2, 0.25) is 5.88 Å². The minimum absolute atomic E-state index is 0.477. The van der Waals surface area contributed by atoms with Gasteiger partial charge in [0.1, 0.15) is 5.76 Å². The number of hydrogen-bond acceptors (Lipinski definition) is 4. The molecule has 0 atom stereocenters. The molecule has 0 saturated carbocycles. The molecule has 112 valence electrons. The standard InChI is InChI=1S/C15H20N4O2/c1-3-16-15(18-11-13-7-5-9-21-13)17-10-12-6-4-8-14(19-12)20-2/h4-9H,3,10-11H2,1-2H3,(H2,16,17,18). The van der Waals surface area contributed by atoms with Crippen molar-refractivity contribution in [3.8, 4) is 5.88 Å². The van der Waals surface area contributed by atoms with Gasteiger partial charge in [0, 0.05) is 12.6 Å². The van der Waals surface area contributed by atoms with Gasteiger partial charge < -0.3 is 19.8 Å². The van der Waals surface area contributed by atoms with E-state index < -0.39 is 0 Å². The summed E-state index contributed by atoms with van der Waals surface area (Å²) < 4.78 is 10.4. The van der Waals surface area contributed by atoms with Gasteiger partial charge in [-0.05, 0) is 25.1 Å². The van der Waals surface area contributed by atoms with Gasteiger partial charge in [-0.15, -0.1) is 0 Å². The number of aliphatic imine (C=N–C) groups is 1. The molecule has 2 N–H and O–H groups in total. The van der Waals surface area contributed by atoms with E-state index in [0.29, 0.717) is 19.0 Å². The molecule has 0 aliphatic heterocycles. The Kier molecular flexibility index (Phi) is 5.63. The summed E-state index contributed by atoms with van der Waals surface area (Å²) in [6.45, 7) is 3.87. The van der Waals surface area contributed by atoms with Crippen LogP contribution in [-0.2, 0) is 13.1 Å². The summed E-state index contributed by atoms with van der Waals surface area (Å²) in [5.74, 6) is 2.18. The molecule has 2 aromatic heterocycles. The second-order valence-electron chi connectivity index (χ2n) is 4.30. The lowest BCUT2D eigenvalue weighted by molar-refractivity contribution is 0.396. The summed E-state index contributed by atoms with van der Waals surface area (Å²) in [4.78, 5) is 8.82. The van der Waals surface area contributed by atoms with Gasteiger partial charge in [-0.3, -0.25) is 0 Å². The van der Waals surface area contributed by atoms with E-state index in [0.717, 1.165) is 24.0 Å². The minimum atomic E-state index is 0.477. The quantitative estimate of drug-likeness (QED) is 0.628. The average molecular weight is 288 g/mol. The maximum atomic E-state index is 5.28. The molecule has 0 radical (unpaired) electrons. The van der Waals surface area contributed by atoms with Crippen molar-refractivity contribution in [2.45, 2.75) is 20.0 Å². The van der Waals surface area contributed by atoms with Gasteiger partial charge in [-0.1, -0.05) is 6.07 Å². The average Bonchev–Trinajstić information content (AvgIpc) is 3.03. The van der Waals surface area contributed by atoms with Gasteiger partial charge >= 0.3 is 0 Å². The van der Waals surface area contributed by atoms with Gasteiger partial charge in [-0.2, -0.15) is 0 Å². The number of furan rings is 1. The van der Waals surface area contributed by atoms with Crippen molar-refractivity contribution in [3.63, 3.8) is 0 Å². The van der Waals surface area contributed by atoms with Crippen molar-refractivity contribution in [2.24, 2.45) is 4.99 Å². The highest BCUT2D eigenvalue weighted by Crippen LogP contribution is 2.07. The van der Waals surface area contributed by atoms with Crippen LogP contribution in [0, 0.1) is 0 Å². The summed E-state index contributed by atoms with van der Waals surface area (Å²) in [7, 11) is 1.60. The third-order valence-corrected chi connectivity index (χ3v) is 2.74. The number of aromatic nitrogens is 1. The summed E-state index contributed by atoms with van der Waals surface area (Å²) in [5.41, 5.74) is 0.851. The smallest absolute Gasteiger partial charge is 0.213 e. The maximum Gasteiger partial charge on any atom is 0.213 e. The molecule has 0 bridgehead atoms. The van der Waals surface area contributed by atoms with E-state index >= 15 is 0 Å². The molecule has 0 aliphatic carbocycles. The largest absolute Gasteiger partial charge is 0.481 e. The van der Waals surface area contributed by atoms with E-state index in [4.69, 9.17) is 9.15 Å². The van der Waals surface area contributed by atoms with Gasteiger partial charge in [0.15, 0.2) is 5.96 Å². The first-order valence-corrected chi connectivity index (χ1v) is 6.86. The molecular formula is C15H20N4O2. The predicted molar refractivity (Wildman–Crippen MR) is 81.2 cm³/mol. The molecule has 0 amide bonds. The van der Waals surface area contributed by atoms with Crippen LogP contribution < -0.4 is 15.4 Å². The first-order valence-electron chi connectivity index (χ1n) is 6.86. The molecule has 21 heavy (non-hydrogen) atoms. The number of guanidine groups is 1. The lowest BCUT2D eigenvalue weighted by Gasteiger charge is -2.10. The fourth-order valence-corrected chi connectivity index (χ4v) is 1.75. The van der Waals surface area contributed by atoms with Crippen molar-refractivity contribution in [2.75, 3.05) is 13.7 Å². The second kappa shape index (κ2) is 7.94. The molecule has 0 aromatic carbocycles. The van der Waals surface area contributed by atoms with Crippen molar-refractivity contribution in [1.82, 2.24) is 15.6 Å². The zero-order valence-corrected chi connectivity index (χ0v) is 12.3. The molecule has 2 aromatic rings. The highest BCUT2D eigenvalue weighted by molar-refractivity contribution is 5.79. The highest BCUT2D eigenvalue weighted by Gasteiger charge is 2.01. The Bertz CT molecular complexity index is 567. The predicted octanol–water partition coefficient (Wildman–Crippen LogP) is 1.94. The van der Waals surface area contributed by atoms with Crippen LogP contribution in [0.15, 0.2) is 46.0 Å². The highest BCUT2D eigenvalue weighted by atomic mass is 16.5. The molecule has 6 nitrogen and oxygen atoms in total. The Morgan fingerprint density at radius 1 is 1.29 bits per heavy atom. The minimum Gasteiger partial charge on any atom is -0.481 e. The van der Waals surface area contributed by atoms with Gasteiger partial charge in [0.25, 0.3) is 0 Å². The fourth-order valence-electron chi connectivity index (χ4n) is 1.75. The van der Waals surface area contributed by atoms with Crippen LogP contribution in [-0.4, -0.2) is 24.6 Å². The zero-order chi connectivity index (χ0) is 14.9. The van der Waals surface area contributed by atoms with Crippen LogP contribution in [0.4, 0.5) is 0 Å². The lowest BCUT2D eigenvalue weighted by atomic mass is 10.3. The Balaban J connectivity index is 1.95. The monoisotopic (exact) mass is 288 g/mol. The maximum absolute atomic E-state index is 5.28. The number of rotatable bonds is 6. The zero-order valence-electron chi connectivity index (χ0n) is 12.3. The van der Waals surface area contributed by atoms with Gasteiger partial charge in [-0.25, -0.2) is 9.98 Å². The Morgan fingerprint density at radius 3 is 2.90 bits per heavy atom.